The van der Waals surface area contributed by atoms with Gasteiger partial charge in [-0.2, -0.15) is 5.10 Å². The number of hydrogen-bond acceptors (Lipinski definition) is 3. The van der Waals surface area contributed by atoms with Gasteiger partial charge in [0.15, 0.2) is 0 Å². The van der Waals surface area contributed by atoms with Gasteiger partial charge in [-0.1, -0.05) is 44.2 Å². The van der Waals surface area contributed by atoms with Gasteiger partial charge in [0, 0.05) is 12.1 Å². The molecule has 2 aliphatic rings. The molecule has 4 rings (SSSR count). The number of nitrogens with one attached hydrogen (secondary N) is 1. The number of amides is 2. The third-order valence-corrected chi connectivity index (χ3v) is 4.86. The van der Waals surface area contributed by atoms with E-state index in [0.29, 0.717) is 36.1 Å². The summed E-state index contributed by atoms with van der Waals surface area (Å²) in [7, 11) is 0. The molecule has 5 nitrogen and oxygen atoms in total. The van der Waals surface area contributed by atoms with Crippen LogP contribution in [-0.2, 0) is 0 Å². The van der Waals surface area contributed by atoms with Crippen LogP contribution in [0.25, 0.3) is 0 Å². The van der Waals surface area contributed by atoms with Crippen molar-refractivity contribution < 1.29 is 13.9 Å². The Morgan fingerprint density at radius 1 is 1.30 bits per heavy atom. The van der Waals surface area contributed by atoms with E-state index in [1.807, 2.05) is 44.2 Å². The SMILES string of the molecule is CC(C)CNC(=O)N1N=C2c3cc(F)ccc3OC[C@@H]2[C@H]1c1ccccc1. The van der Waals surface area contributed by atoms with Crippen molar-refractivity contribution in [3.8, 4) is 5.75 Å². The molecule has 0 unspecified atom stereocenters. The van der Waals surface area contributed by atoms with Crippen LogP contribution in [0.15, 0.2) is 53.6 Å². The van der Waals surface area contributed by atoms with Crippen LogP contribution in [0.3, 0.4) is 0 Å². The minimum atomic E-state index is -0.348. The smallest absolute Gasteiger partial charge is 0.338 e. The summed E-state index contributed by atoms with van der Waals surface area (Å²) in [6, 6.07) is 13.6. The van der Waals surface area contributed by atoms with Crippen LogP contribution >= 0.6 is 0 Å². The van der Waals surface area contributed by atoms with Gasteiger partial charge in [0.2, 0.25) is 0 Å². The van der Waals surface area contributed by atoms with Crippen molar-refractivity contribution in [2.24, 2.45) is 16.9 Å². The van der Waals surface area contributed by atoms with Crippen molar-refractivity contribution in [1.29, 1.82) is 0 Å². The van der Waals surface area contributed by atoms with Crippen LogP contribution in [-0.4, -0.2) is 29.9 Å². The summed E-state index contributed by atoms with van der Waals surface area (Å²) in [6.07, 6.45) is 0. The maximum atomic E-state index is 13.8. The molecule has 2 atom stereocenters. The fourth-order valence-corrected chi connectivity index (χ4v) is 3.57. The summed E-state index contributed by atoms with van der Waals surface area (Å²) in [5.74, 6) is 0.439. The van der Waals surface area contributed by atoms with Crippen molar-refractivity contribution in [3.05, 3.63) is 65.5 Å². The lowest BCUT2D eigenvalue weighted by molar-refractivity contribution is 0.160. The lowest BCUT2D eigenvalue weighted by Gasteiger charge is -2.29. The van der Waals surface area contributed by atoms with E-state index in [-0.39, 0.29) is 23.8 Å². The van der Waals surface area contributed by atoms with Crippen molar-refractivity contribution in [3.63, 3.8) is 0 Å². The predicted molar refractivity (Wildman–Crippen MR) is 101 cm³/mol. The molecule has 0 aliphatic carbocycles. The van der Waals surface area contributed by atoms with E-state index < -0.39 is 0 Å². The monoisotopic (exact) mass is 367 g/mol. The fraction of sp³-hybridized carbons (Fsp3) is 0.333. The maximum absolute atomic E-state index is 13.8. The van der Waals surface area contributed by atoms with Crippen LogP contribution < -0.4 is 10.1 Å². The third kappa shape index (κ3) is 3.27. The predicted octanol–water partition coefficient (Wildman–Crippen LogP) is 3.96. The van der Waals surface area contributed by atoms with Gasteiger partial charge in [0.05, 0.1) is 24.3 Å². The van der Waals surface area contributed by atoms with Crippen LogP contribution in [0.2, 0.25) is 0 Å². The Labute approximate surface area is 157 Å². The summed E-state index contributed by atoms with van der Waals surface area (Å²) in [4.78, 5) is 12.8. The fourth-order valence-electron chi connectivity index (χ4n) is 3.57. The van der Waals surface area contributed by atoms with Gasteiger partial charge in [-0.3, -0.25) is 0 Å². The second-order valence-corrected chi connectivity index (χ2v) is 7.32. The minimum absolute atomic E-state index is 0.147. The molecule has 2 heterocycles. The van der Waals surface area contributed by atoms with E-state index in [0.717, 1.165) is 5.56 Å². The minimum Gasteiger partial charge on any atom is -0.492 e. The lowest BCUT2D eigenvalue weighted by atomic mass is 9.86. The number of benzene rings is 2. The first-order valence-electron chi connectivity index (χ1n) is 9.18. The van der Waals surface area contributed by atoms with Crippen LogP contribution in [0.4, 0.5) is 9.18 Å². The number of urea groups is 1. The first kappa shape index (κ1) is 17.5. The highest BCUT2D eigenvalue weighted by molar-refractivity contribution is 6.07. The Kier molecular flexibility index (Phi) is 4.56. The highest BCUT2D eigenvalue weighted by Crippen LogP contribution is 2.42. The largest absolute Gasteiger partial charge is 0.492 e. The van der Waals surface area contributed by atoms with Crippen molar-refractivity contribution >= 4 is 11.7 Å². The van der Waals surface area contributed by atoms with E-state index in [9.17, 15) is 9.18 Å². The number of halogens is 1. The Morgan fingerprint density at radius 3 is 2.81 bits per heavy atom. The van der Waals surface area contributed by atoms with Crippen LogP contribution in [0.5, 0.6) is 5.75 Å². The van der Waals surface area contributed by atoms with Gasteiger partial charge in [-0.25, -0.2) is 14.2 Å². The Bertz CT molecular complexity index is 882. The average Bonchev–Trinajstić information content (AvgIpc) is 3.07. The number of hydrazone groups is 1. The summed E-state index contributed by atoms with van der Waals surface area (Å²) in [6.45, 7) is 5.04. The van der Waals surface area contributed by atoms with Crippen LogP contribution in [0, 0.1) is 17.7 Å². The zero-order chi connectivity index (χ0) is 19.0. The van der Waals surface area contributed by atoms with Gasteiger partial charge in [0.25, 0.3) is 0 Å². The Morgan fingerprint density at radius 2 is 2.07 bits per heavy atom. The summed E-state index contributed by atoms with van der Waals surface area (Å²) in [5, 5.41) is 9.04. The van der Waals surface area contributed by atoms with Crippen molar-refractivity contribution in [2.45, 2.75) is 19.9 Å². The molecule has 6 heteroatoms. The zero-order valence-electron chi connectivity index (χ0n) is 15.4. The number of fused-ring (bicyclic) bond motifs is 3. The molecule has 0 fully saturated rings. The van der Waals surface area contributed by atoms with Gasteiger partial charge >= 0.3 is 6.03 Å². The molecule has 2 aromatic rings. The molecule has 0 aromatic heterocycles. The van der Waals surface area contributed by atoms with E-state index in [2.05, 4.69) is 10.4 Å². The second-order valence-electron chi connectivity index (χ2n) is 7.32. The highest BCUT2D eigenvalue weighted by atomic mass is 19.1. The molecule has 2 aliphatic heterocycles. The molecule has 0 bridgehead atoms. The van der Waals surface area contributed by atoms with Gasteiger partial charge < -0.3 is 10.1 Å². The second kappa shape index (κ2) is 7.02. The van der Waals surface area contributed by atoms with Crippen LogP contribution in [0.1, 0.15) is 31.0 Å². The number of carbonyl (C=O) groups is 1. The molecule has 2 amide bonds. The maximum Gasteiger partial charge on any atom is 0.338 e. The summed E-state index contributed by atoms with van der Waals surface area (Å²) < 4.78 is 19.7. The van der Waals surface area contributed by atoms with E-state index in [1.54, 1.807) is 6.07 Å². The molecule has 27 heavy (non-hydrogen) atoms. The molecule has 1 N–H and O–H groups in total. The molecular weight excluding hydrogens is 345 g/mol. The van der Waals surface area contributed by atoms with Crippen molar-refractivity contribution in [1.82, 2.24) is 10.3 Å². The molecule has 0 radical (unpaired) electrons. The average molecular weight is 367 g/mol. The number of hydrogen-bond donors (Lipinski definition) is 1. The number of ether oxygens (including phenoxy) is 1. The lowest BCUT2D eigenvalue weighted by Crippen LogP contribution is -2.41. The highest BCUT2D eigenvalue weighted by Gasteiger charge is 2.45. The van der Waals surface area contributed by atoms with Crippen molar-refractivity contribution in [2.75, 3.05) is 13.2 Å². The Balaban J connectivity index is 1.74. The molecular formula is C21H22FN3O2. The third-order valence-electron chi connectivity index (χ3n) is 4.86. The van der Waals surface area contributed by atoms with E-state index >= 15 is 0 Å². The number of rotatable bonds is 3. The van der Waals surface area contributed by atoms with Gasteiger partial charge in [-0.15, -0.1) is 0 Å². The van der Waals surface area contributed by atoms with E-state index in [4.69, 9.17) is 4.74 Å². The first-order chi connectivity index (χ1) is 13.0. The molecule has 2 aromatic carbocycles. The van der Waals surface area contributed by atoms with Gasteiger partial charge in [0.1, 0.15) is 11.6 Å². The molecule has 0 spiro atoms. The molecule has 140 valence electrons. The quantitative estimate of drug-likeness (QED) is 0.893. The molecule has 0 saturated heterocycles. The molecule has 0 saturated carbocycles. The first-order valence-corrected chi connectivity index (χ1v) is 9.18. The van der Waals surface area contributed by atoms with E-state index in [1.165, 1.54) is 17.1 Å². The topological polar surface area (TPSA) is 53.9 Å². The standard InChI is InChI=1S/C21H22FN3O2/c1-13(2)11-23-21(26)25-20(14-6-4-3-5-7-14)17-12-27-18-9-8-15(22)10-16(18)19(17)24-25/h3-10,13,17,20H,11-12H2,1-2H3,(H,23,26)/t17-,20+/m0/s1. The Hall–Kier alpha value is -2.89. The number of nitrogens with zero attached hydrogens (tertiary/aromatic N) is 2. The summed E-state index contributed by atoms with van der Waals surface area (Å²) in [5.41, 5.74) is 2.29. The number of carbonyl (C=O) groups excluding carboxylic acids is 1. The van der Waals surface area contributed by atoms with Gasteiger partial charge in [-0.05, 0) is 29.7 Å². The summed E-state index contributed by atoms with van der Waals surface area (Å²) >= 11 is 0. The zero-order valence-corrected chi connectivity index (χ0v) is 15.4. The normalized spacial score (nSPS) is 20.6.